The van der Waals surface area contributed by atoms with Crippen LogP contribution in [0.15, 0.2) is 22.7 Å². The minimum absolute atomic E-state index is 0.0743. The second kappa shape index (κ2) is 5.03. The van der Waals surface area contributed by atoms with E-state index in [2.05, 4.69) is 10.1 Å². The molecule has 1 fully saturated rings. The first-order valence-electron chi connectivity index (χ1n) is 6.46. The summed E-state index contributed by atoms with van der Waals surface area (Å²) >= 11 is 0. The first-order valence-corrected chi connectivity index (χ1v) is 8.28. The van der Waals surface area contributed by atoms with Gasteiger partial charge < -0.3 is 15.0 Å². The summed E-state index contributed by atoms with van der Waals surface area (Å²) in [6.07, 6.45) is 0.528. The number of hydrogen-bond acceptors (Lipinski definition) is 7. The fraction of sp³-hybridized carbons (Fsp3) is 0.385. The van der Waals surface area contributed by atoms with Gasteiger partial charge in [-0.25, -0.2) is 8.42 Å². The first-order chi connectivity index (χ1) is 9.98. The Morgan fingerprint density at radius 3 is 2.90 bits per heavy atom. The molecular weight excluding hydrogens is 294 g/mol. The minimum Gasteiger partial charge on any atom is -0.496 e. The molecule has 1 aromatic heterocycles. The molecule has 2 aromatic rings. The quantitative estimate of drug-likeness (QED) is 0.849. The van der Waals surface area contributed by atoms with Gasteiger partial charge in [-0.1, -0.05) is 5.16 Å². The van der Waals surface area contributed by atoms with Crippen molar-refractivity contribution in [2.75, 3.05) is 24.3 Å². The topological polar surface area (TPSA) is 108 Å². The van der Waals surface area contributed by atoms with Gasteiger partial charge in [-0.05, 0) is 18.6 Å². The molecule has 3 rings (SSSR count). The van der Waals surface area contributed by atoms with Gasteiger partial charge in [-0.2, -0.15) is 4.98 Å². The molecule has 1 saturated heterocycles. The Bertz CT molecular complexity index is 769. The number of nitrogens with two attached hydrogens (primary N) is 1. The van der Waals surface area contributed by atoms with Crippen LogP contribution in [0.5, 0.6) is 5.75 Å². The Balaban J connectivity index is 1.92. The zero-order valence-electron chi connectivity index (χ0n) is 11.4. The van der Waals surface area contributed by atoms with Crippen molar-refractivity contribution in [2.45, 2.75) is 12.3 Å². The predicted molar refractivity (Wildman–Crippen MR) is 76.7 cm³/mol. The number of sulfone groups is 1. The van der Waals surface area contributed by atoms with E-state index in [1.807, 2.05) is 0 Å². The molecule has 2 heterocycles. The lowest BCUT2D eigenvalue weighted by Gasteiger charge is -2.05. The molecule has 0 aliphatic carbocycles. The SMILES string of the molecule is COc1cc(N)ccc1-c1nc(C2CCS(=O)(=O)C2)no1. The highest BCUT2D eigenvalue weighted by atomic mass is 32.2. The molecule has 0 saturated carbocycles. The molecule has 1 aliphatic rings. The second-order valence-electron chi connectivity index (χ2n) is 5.02. The van der Waals surface area contributed by atoms with Crippen LogP contribution in [-0.4, -0.2) is 37.2 Å². The van der Waals surface area contributed by atoms with E-state index in [-0.39, 0.29) is 17.4 Å². The maximum atomic E-state index is 11.5. The van der Waals surface area contributed by atoms with Crippen molar-refractivity contribution in [3.63, 3.8) is 0 Å². The van der Waals surface area contributed by atoms with Crippen molar-refractivity contribution in [3.05, 3.63) is 24.0 Å². The zero-order chi connectivity index (χ0) is 15.0. The molecule has 0 amide bonds. The van der Waals surface area contributed by atoms with Gasteiger partial charge in [0.05, 0.1) is 24.2 Å². The van der Waals surface area contributed by atoms with E-state index in [0.29, 0.717) is 35.1 Å². The number of methoxy groups -OCH3 is 1. The highest BCUT2D eigenvalue weighted by Gasteiger charge is 2.32. The molecule has 2 N–H and O–H groups in total. The Hall–Kier alpha value is -2.09. The van der Waals surface area contributed by atoms with E-state index >= 15 is 0 Å². The third kappa shape index (κ3) is 2.71. The molecule has 1 unspecified atom stereocenters. The molecule has 112 valence electrons. The summed E-state index contributed by atoms with van der Waals surface area (Å²) < 4.78 is 33.5. The van der Waals surface area contributed by atoms with Gasteiger partial charge in [0, 0.05) is 17.7 Å². The van der Waals surface area contributed by atoms with Crippen LogP contribution in [0.25, 0.3) is 11.5 Å². The van der Waals surface area contributed by atoms with Crippen LogP contribution in [0.2, 0.25) is 0 Å². The lowest BCUT2D eigenvalue weighted by Crippen LogP contribution is -2.05. The van der Waals surface area contributed by atoms with Gasteiger partial charge in [0.2, 0.25) is 0 Å². The molecule has 1 atom stereocenters. The van der Waals surface area contributed by atoms with E-state index in [1.165, 1.54) is 7.11 Å². The summed E-state index contributed by atoms with van der Waals surface area (Å²) in [6, 6.07) is 5.11. The van der Waals surface area contributed by atoms with E-state index < -0.39 is 9.84 Å². The Kier molecular flexibility index (Phi) is 3.32. The minimum atomic E-state index is -2.98. The predicted octanol–water partition coefficient (Wildman–Crippen LogP) is 1.23. The van der Waals surface area contributed by atoms with Crippen LogP contribution in [0, 0.1) is 0 Å². The Morgan fingerprint density at radius 2 is 2.24 bits per heavy atom. The molecule has 21 heavy (non-hydrogen) atoms. The Labute approximate surface area is 122 Å². The van der Waals surface area contributed by atoms with Gasteiger partial charge in [-0.3, -0.25) is 0 Å². The van der Waals surface area contributed by atoms with Gasteiger partial charge in [0.1, 0.15) is 5.75 Å². The monoisotopic (exact) mass is 309 g/mol. The average Bonchev–Trinajstić information content (AvgIpc) is 3.05. The van der Waals surface area contributed by atoms with Crippen molar-refractivity contribution in [1.29, 1.82) is 0 Å². The van der Waals surface area contributed by atoms with Crippen LogP contribution in [0.3, 0.4) is 0 Å². The number of anilines is 1. The lowest BCUT2D eigenvalue weighted by atomic mass is 10.1. The van der Waals surface area contributed by atoms with Gasteiger partial charge in [0.25, 0.3) is 5.89 Å². The highest BCUT2D eigenvalue weighted by molar-refractivity contribution is 7.91. The third-order valence-corrected chi connectivity index (χ3v) is 5.26. The van der Waals surface area contributed by atoms with Gasteiger partial charge in [-0.15, -0.1) is 0 Å². The van der Waals surface area contributed by atoms with Crippen LogP contribution in [0.1, 0.15) is 18.2 Å². The molecule has 8 heteroatoms. The number of aromatic nitrogens is 2. The smallest absolute Gasteiger partial charge is 0.261 e. The lowest BCUT2D eigenvalue weighted by molar-refractivity contribution is 0.401. The summed E-state index contributed by atoms with van der Waals surface area (Å²) in [5.74, 6) is 1.30. The number of benzene rings is 1. The molecular formula is C13H15N3O4S. The fourth-order valence-electron chi connectivity index (χ4n) is 2.39. The van der Waals surface area contributed by atoms with E-state index in [9.17, 15) is 8.42 Å². The molecule has 0 spiro atoms. The van der Waals surface area contributed by atoms with Gasteiger partial charge >= 0.3 is 0 Å². The average molecular weight is 309 g/mol. The molecule has 1 aromatic carbocycles. The van der Waals surface area contributed by atoms with Crippen LogP contribution < -0.4 is 10.5 Å². The number of nitrogen functional groups attached to an aromatic ring is 1. The number of rotatable bonds is 3. The second-order valence-corrected chi connectivity index (χ2v) is 7.25. The van der Waals surface area contributed by atoms with Crippen molar-refractivity contribution >= 4 is 15.5 Å². The number of nitrogens with zero attached hydrogens (tertiary/aromatic N) is 2. The van der Waals surface area contributed by atoms with Crippen LogP contribution in [0.4, 0.5) is 5.69 Å². The summed E-state index contributed by atoms with van der Waals surface area (Å²) in [4.78, 5) is 4.30. The molecule has 0 radical (unpaired) electrons. The molecule has 1 aliphatic heterocycles. The summed E-state index contributed by atoms with van der Waals surface area (Å²) in [6.45, 7) is 0. The van der Waals surface area contributed by atoms with Gasteiger partial charge in [0.15, 0.2) is 15.7 Å². The largest absolute Gasteiger partial charge is 0.496 e. The maximum absolute atomic E-state index is 11.5. The fourth-order valence-corrected chi connectivity index (χ4v) is 4.13. The first kappa shape index (κ1) is 13.9. The maximum Gasteiger partial charge on any atom is 0.261 e. The third-order valence-electron chi connectivity index (χ3n) is 3.50. The zero-order valence-corrected chi connectivity index (χ0v) is 12.3. The van der Waals surface area contributed by atoms with Crippen molar-refractivity contribution in [1.82, 2.24) is 10.1 Å². The van der Waals surface area contributed by atoms with Crippen molar-refractivity contribution in [3.8, 4) is 17.2 Å². The van der Waals surface area contributed by atoms with Crippen molar-refractivity contribution < 1.29 is 17.7 Å². The Morgan fingerprint density at radius 1 is 1.43 bits per heavy atom. The number of ether oxygens (including phenoxy) is 1. The summed E-state index contributed by atoms with van der Waals surface area (Å²) in [5, 5.41) is 3.90. The van der Waals surface area contributed by atoms with E-state index in [4.69, 9.17) is 15.0 Å². The van der Waals surface area contributed by atoms with Crippen LogP contribution in [-0.2, 0) is 9.84 Å². The molecule has 7 nitrogen and oxygen atoms in total. The van der Waals surface area contributed by atoms with Crippen LogP contribution >= 0.6 is 0 Å². The summed E-state index contributed by atoms with van der Waals surface area (Å²) in [7, 11) is -1.45. The highest BCUT2D eigenvalue weighted by Crippen LogP contribution is 2.33. The van der Waals surface area contributed by atoms with Crippen molar-refractivity contribution in [2.24, 2.45) is 0 Å². The molecule has 0 bridgehead atoms. The number of hydrogen-bond donors (Lipinski definition) is 1. The van der Waals surface area contributed by atoms with E-state index in [0.717, 1.165) is 0 Å². The normalized spacial score (nSPS) is 20.5. The standard InChI is InChI=1S/C13H15N3O4S/c1-19-11-6-9(14)2-3-10(11)13-15-12(16-20-13)8-4-5-21(17,18)7-8/h2-3,6,8H,4-5,7,14H2,1H3. The van der Waals surface area contributed by atoms with E-state index in [1.54, 1.807) is 18.2 Å². The summed E-state index contributed by atoms with van der Waals surface area (Å²) in [5.41, 5.74) is 6.90.